The number of rotatable bonds is 5. The van der Waals surface area contributed by atoms with Crippen LogP contribution in [0.4, 0.5) is 0 Å². The molecule has 28 heavy (non-hydrogen) atoms. The lowest BCUT2D eigenvalue weighted by Crippen LogP contribution is -2.32. The average Bonchev–Trinajstić information content (AvgIpc) is 2.73. The van der Waals surface area contributed by atoms with Gasteiger partial charge in [-0.25, -0.2) is 9.97 Å². The fourth-order valence-electron chi connectivity index (χ4n) is 3.58. The minimum Gasteiger partial charge on any atom is -0.496 e. The number of hydrogen-bond donors (Lipinski definition) is 1. The highest BCUT2D eigenvalue weighted by molar-refractivity contribution is 5.77. The maximum atomic E-state index is 12.8. The number of methoxy groups -OCH3 is 1. The summed E-state index contributed by atoms with van der Waals surface area (Å²) >= 11 is 0. The van der Waals surface area contributed by atoms with Gasteiger partial charge in [0.15, 0.2) is 5.65 Å². The van der Waals surface area contributed by atoms with Crippen molar-refractivity contribution in [1.29, 1.82) is 0 Å². The van der Waals surface area contributed by atoms with Crippen LogP contribution in [0, 0.1) is 0 Å². The largest absolute Gasteiger partial charge is 0.496 e. The number of carbonyl (C=O) groups is 1. The van der Waals surface area contributed by atoms with Crippen molar-refractivity contribution in [2.45, 2.75) is 38.8 Å². The number of ether oxygens (including phenoxy) is 1. The number of nitrogens with zero attached hydrogens (tertiary/aromatic N) is 3. The second-order valence-electron chi connectivity index (χ2n) is 6.94. The Hall–Kier alpha value is -3.22. The summed E-state index contributed by atoms with van der Waals surface area (Å²) in [5, 5.41) is 3.30. The lowest BCUT2D eigenvalue weighted by Gasteiger charge is -2.15. The third kappa shape index (κ3) is 3.60. The van der Waals surface area contributed by atoms with Gasteiger partial charge in [0.05, 0.1) is 12.5 Å². The number of benzene rings is 1. The first-order chi connectivity index (χ1) is 13.7. The fourth-order valence-corrected chi connectivity index (χ4v) is 3.58. The molecule has 1 aromatic carbocycles. The minimum atomic E-state index is -0.264. The van der Waals surface area contributed by atoms with Gasteiger partial charge in [-0.15, -0.1) is 0 Å². The first-order valence-corrected chi connectivity index (χ1v) is 9.42. The molecule has 0 unspecified atom stereocenters. The molecule has 0 spiro atoms. The van der Waals surface area contributed by atoms with E-state index < -0.39 is 0 Å². The van der Waals surface area contributed by atoms with Gasteiger partial charge < -0.3 is 10.1 Å². The number of pyridine rings is 1. The molecule has 1 aliphatic rings. The van der Waals surface area contributed by atoms with Gasteiger partial charge in [-0.1, -0.05) is 18.2 Å². The second-order valence-corrected chi connectivity index (χ2v) is 6.94. The van der Waals surface area contributed by atoms with Crippen LogP contribution >= 0.6 is 0 Å². The van der Waals surface area contributed by atoms with E-state index >= 15 is 0 Å². The third-order valence-corrected chi connectivity index (χ3v) is 5.07. The van der Waals surface area contributed by atoms with Gasteiger partial charge in [0.2, 0.25) is 5.91 Å². The van der Waals surface area contributed by atoms with Crippen LogP contribution in [0.3, 0.4) is 0 Å². The molecule has 144 valence electrons. The molecule has 1 aliphatic carbocycles. The molecule has 7 nitrogen and oxygen atoms in total. The zero-order valence-corrected chi connectivity index (χ0v) is 15.8. The molecular weight excluding hydrogens is 356 g/mol. The van der Waals surface area contributed by atoms with Gasteiger partial charge in [0.25, 0.3) is 5.56 Å². The Morgan fingerprint density at radius 1 is 1.25 bits per heavy atom. The lowest BCUT2D eigenvalue weighted by molar-refractivity contribution is -0.121. The van der Waals surface area contributed by atoms with Crippen LogP contribution in [-0.4, -0.2) is 27.6 Å². The first-order valence-electron chi connectivity index (χ1n) is 9.42. The van der Waals surface area contributed by atoms with Crippen LogP contribution in [0.1, 0.15) is 29.7 Å². The van der Waals surface area contributed by atoms with Crippen molar-refractivity contribution in [1.82, 2.24) is 19.9 Å². The van der Waals surface area contributed by atoms with E-state index in [1.807, 2.05) is 30.3 Å². The van der Waals surface area contributed by atoms with Crippen molar-refractivity contribution in [2.24, 2.45) is 0 Å². The molecule has 0 saturated heterocycles. The van der Waals surface area contributed by atoms with Crippen molar-refractivity contribution < 1.29 is 9.53 Å². The van der Waals surface area contributed by atoms with Crippen molar-refractivity contribution >= 4 is 16.9 Å². The molecule has 0 saturated carbocycles. The molecule has 7 heteroatoms. The number of aryl methyl sites for hydroxylation is 2. The zero-order valence-electron chi connectivity index (χ0n) is 15.8. The van der Waals surface area contributed by atoms with Crippen molar-refractivity contribution in [3.8, 4) is 5.75 Å². The minimum absolute atomic E-state index is 0.0893. The standard InChI is InChI=1S/C21H22N4O3/c1-28-18-9-5-3-7-15(18)11-22-19(26)12-25-13-23-20-16(21(25)27)10-14-6-2-4-8-17(14)24-20/h3,5,7,9-10,13H,2,4,6,8,11-12H2,1H3,(H,22,26). The topological polar surface area (TPSA) is 86.1 Å². The van der Waals surface area contributed by atoms with Gasteiger partial charge >= 0.3 is 0 Å². The number of carbonyl (C=O) groups excluding carboxylic acids is 1. The maximum Gasteiger partial charge on any atom is 0.263 e. The van der Waals surface area contributed by atoms with Gasteiger partial charge in [0, 0.05) is 17.8 Å². The number of aromatic nitrogens is 3. The van der Waals surface area contributed by atoms with E-state index in [1.165, 1.54) is 10.9 Å². The molecular formula is C21H22N4O3. The van der Waals surface area contributed by atoms with Gasteiger partial charge in [-0.3, -0.25) is 14.2 Å². The van der Waals surface area contributed by atoms with E-state index in [4.69, 9.17) is 4.74 Å². The van der Waals surface area contributed by atoms with E-state index in [9.17, 15) is 9.59 Å². The van der Waals surface area contributed by atoms with Crippen LogP contribution in [0.15, 0.2) is 41.5 Å². The molecule has 0 fully saturated rings. The average molecular weight is 378 g/mol. The summed E-state index contributed by atoms with van der Waals surface area (Å²) in [6.07, 6.45) is 5.50. The molecule has 3 aromatic rings. The Labute approximate surface area is 162 Å². The van der Waals surface area contributed by atoms with Crippen molar-refractivity contribution in [2.75, 3.05) is 7.11 Å². The quantitative estimate of drug-likeness (QED) is 0.734. The smallest absolute Gasteiger partial charge is 0.263 e. The highest BCUT2D eigenvalue weighted by Crippen LogP contribution is 2.21. The maximum absolute atomic E-state index is 12.8. The molecule has 2 heterocycles. The number of fused-ring (bicyclic) bond motifs is 2. The van der Waals surface area contributed by atoms with E-state index in [0.29, 0.717) is 23.3 Å². The van der Waals surface area contributed by atoms with E-state index in [-0.39, 0.29) is 18.0 Å². The van der Waals surface area contributed by atoms with Crippen LogP contribution in [-0.2, 0) is 30.7 Å². The SMILES string of the molecule is COc1ccccc1CNC(=O)Cn1cnc2nc3c(cc2c1=O)CCCC3. The van der Waals surface area contributed by atoms with E-state index in [2.05, 4.69) is 15.3 Å². The zero-order chi connectivity index (χ0) is 19.5. The number of nitrogens with one attached hydrogen (secondary N) is 1. The highest BCUT2D eigenvalue weighted by Gasteiger charge is 2.15. The molecule has 1 N–H and O–H groups in total. The predicted octanol–water partition coefficient (Wildman–Crippen LogP) is 2.00. The van der Waals surface area contributed by atoms with Crippen LogP contribution in [0.5, 0.6) is 5.75 Å². The Bertz CT molecular complexity index is 1090. The molecule has 1 amide bonds. The molecule has 0 atom stereocenters. The summed E-state index contributed by atoms with van der Waals surface area (Å²) in [5.41, 5.74) is 3.25. The summed E-state index contributed by atoms with van der Waals surface area (Å²) in [5.74, 6) is 0.447. The van der Waals surface area contributed by atoms with E-state index in [0.717, 1.165) is 42.5 Å². The van der Waals surface area contributed by atoms with Crippen molar-refractivity contribution in [3.05, 3.63) is 63.8 Å². The van der Waals surface area contributed by atoms with Crippen LogP contribution in [0.25, 0.3) is 11.0 Å². The summed E-state index contributed by atoms with van der Waals surface area (Å²) in [4.78, 5) is 34.0. The number of hydrogen-bond acceptors (Lipinski definition) is 5. The first kappa shape index (κ1) is 18.2. The predicted molar refractivity (Wildman–Crippen MR) is 105 cm³/mol. The lowest BCUT2D eigenvalue weighted by atomic mass is 9.95. The van der Waals surface area contributed by atoms with Gasteiger partial charge in [0.1, 0.15) is 18.6 Å². The molecule has 0 radical (unpaired) electrons. The Morgan fingerprint density at radius 2 is 2.07 bits per heavy atom. The molecule has 0 bridgehead atoms. The molecule has 4 rings (SSSR count). The normalized spacial score (nSPS) is 13.2. The van der Waals surface area contributed by atoms with E-state index in [1.54, 1.807) is 7.11 Å². The van der Waals surface area contributed by atoms with Crippen molar-refractivity contribution in [3.63, 3.8) is 0 Å². The summed E-state index contributed by atoms with van der Waals surface area (Å²) in [6, 6.07) is 9.38. The van der Waals surface area contributed by atoms with Crippen LogP contribution in [0.2, 0.25) is 0 Å². The Kier molecular flexibility index (Phi) is 5.06. The Morgan fingerprint density at radius 3 is 2.93 bits per heavy atom. The summed E-state index contributed by atoms with van der Waals surface area (Å²) < 4.78 is 6.62. The van der Waals surface area contributed by atoms with Crippen LogP contribution < -0.4 is 15.6 Å². The molecule has 0 aliphatic heterocycles. The second kappa shape index (κ2) is 7.80. The third-order valence-electron chi connectivity index (χ3n) is 5.07. The summed E-state index contributed by atoms with van der Waals surface area (Å²) in [6.45, 7) is 0.238. The number of para-hydroxylation sites is 1. The van der Waals surface area contributed by atoms with Gasteiger partial charge in [-0.05, 0) is 43.4 Å². The highest BCUT2D eigenvalue weighted by atomic mass is 16.5. The monoisotopic (exact) mass is 378 g/mol. The molecule has 2 aromatic heterocycles. The number of amides is 1. The summed E-state index contributed by atoms with van der Waals surface area (Å²) in [7, 11) is 1.59. The van der Waals surface area contributed by atoms with Gasteiger partial charge in [-0.2, -0.15) is 0 Å². The fraction of sp³-hybridized carbons (Fsp3) is 0.333. The Balaban J connectivity index is 1.52.